The summed E-state index contributed by atoms with van der Waals surface area (Å²) in [5.74, 6) is 0.172. The number of aliphatic carboxylic acids is 1. The molecule has 5 heteroatoms. The number of carboxylic acids is 1. The minimum atomic E-state index is -0.988. The SMILES string of the molecule is CCC(NC(=O)NC1CCC(C)CC1C)C(=O)O. The van der Waals surface area contributed by atoms with E-state index >= 15 is 0 Å². The first-order chi connectivity index (χ1) is 8.43. The Bertz CT molecular complexity index is 307. The lowest BCUT2D eigenvalue weighted by Gasteiger charge is -2.33. The molecule has 0 aliphatic heterocycles. The van der Waals surface area contributed by atoms with Crippen LogP contribution in [0.2, 0.25) is 0 Å². The number of nitrogens with one attached hydrogen (secondary N) is 2. The van der Waals surface area contributed by atoms with Crippen molar-refractivity contribution in [1.82, 2.24) is 10.6 Å². The molecule has 0 aromatic rings. The fraction of sp³-hybridized carbons (Fsp3) is 0.846. The first kappa shape index (κ1) is 14.8. The molecule has 0 aromatic heterocycles. The highest BCUT2D eigenvalue weighted by molar-refractivity contribution is 5.82. The summed E-state index contributed by atoms with van der Waals surface area (Å²) in [6.07, 6.45) is 3.59. The fourth-order valence-electron chi connectivity index (χ4n) is 2.59. The van der Waals surface area contributed by atoms with Crippen LogP contribution in [0.25, 0.3) is 0 Å². The zero-order valence-corrected chi connectivity index (χ0v) is 11.4. The average molecular weight is 256 g/mol. The second-order valence-corrected chi connectivity index (χ2v) is 5.42. The van der Waals surface area contributed by atoms with E-state index in [1.165, 1.54) is 0 Å². The minimum absolute atomic E-state index is 0.160. The number of carboxylic acid groups (broad SMARTS) is 1. The molecule has 4 unspecified atom stereocenters. The van der Waals surface area contributed by atoms with Crippen molar-refractivity contribution in [3.05, 3.63) is 0 Å². The summed E-state index contributed by atoms with van der Waals surface area (Å²) in [6, 6.07) is -1.01. The quantitative estimate of drug-likeness (QED) is 0.719. The lowest BCUT2D eigenvalue weighted by atomic mass is 9.80. The lowest BCUT2D eigenvalue weighted by Crippen LogP contribution is -2.51. The highest BCUT2D eigenvalue weighted by atomic mass is 16.4. The summed E-state index contributed by atoms with van der Waals surface area (Å²) in [4.78, 5) is 22.5. The summed E-state index contributed by atoms with van der Waals surface area (Å²) in [5, 5.41) is 14.3. The van der Waals surface area contributed by atoms with Gasteiger partial charge in [0.05, 0.1) is 0 Å². The fourth-order valence-corrected chi connectivity index (χ4v) is 2.59. The number of hydrogen-bond donors (Lipinski definition) is 3. The normalized spacial score (nSPS) is 29.4. The maximum absolute atomic E-state index is 11.7. The van der Waals surface area contributed by atoms with Crippen molar-refractivity contribution in [1.29, 1.82) is 0 Å². The molecule has 0 spiro atoms. The minimum Gasteiger partial charge on any atom is -0.480 e. The van der Waals surface area contributed by atoms with Gasteiger partial charge in [0.2, 0.25) is 0 Å². The maximum Gasteiger partial charge on any atom is 0.326 e. The molecule has 5 nitrogen and oxygen atoms in total. The van der Waals surface area contributed by atoms with E-state index < -0.39 is 12.0 Å². The van der Waals surface area contributed by atoms with Gasteiger partial charge in [0.1, 0.15) is 6.04 Å². The molecule has 4 atom stereocenters. The third kappa shape index (κ3) is 4.20. The van der Waals surface area contributed by atoms with E-state index in [1.807, 2.05) is 0 Å². The van der Waals surface area contributed by atoms with Gasteiger partial charge < -0.3 is 15.7 Å². The second kappa shape index (κ2) is 6.61. The van der Waals surface area contributed by atoms with Gasteiger partial charge in [0.15, 0.2) is 0 Å². The molecule has 1 fully saturated rings. The van der Waals surface area contributed by atoms with Crippen molar-refractivity contribution in [3.63, 3.8) is 0 Å². The van der Waals surface area contributed by atoms with Crippen molar-refractivity contribution < 1.29 is 14.7 Å². The molecule has 0 heterocycles. The van der Waals surface area contributed by atoms with Crippen LogP contribution in [0.4, 0.5) is 4.79 Å². The van der Waals surface area contributed by atoms with Gasteiger partial charge in [-0.15, -0.1) is 0 Å². The predicted molar refractivity (Wildman–Crippen MR) is 69.3 cm³/mol. The van der Waals surface area contributed by atoms with E-state index in [4.69, 9.17) is 5.11 Å². The van der Waals surface area contributed by atoms with E-state index in [0.717, 1.165) is 19.3 Å². The Labute approximate surface area is 108 Å². The van der Waals surface area contributed by atoms with Crippen molar-refractivity contribution in [2.24, 2.45) is 11.8 Å². The Hall–Kier alpha value is -1.26. The highest BCUT2D eigenvalue weighted by Gasteiger charge is 2.27. The van der Waals surface area contributed by atoms with Gasteiger partial charge in [-0.2, -0.15) is 0 Å². The first-order valence-corrected chi connectivity index (χ1v) is 6.73. The van der Waals surface area contributed by atoms with Gasteiger partial charge in [0.25, 0.3) is 0 Å². The molecule has 0 bridgehead atoms. The van der Waals surface area contributed by atoms with Gasteiger partial charge >= 0.3 is 12.0 Å². The highest BCUT2D eigenvalue weighted by Crippen LogP contribution is 2.28. The number of rotatable bonds is 4. The van der Waals surface area contributed by atoms with Gasteiger partial charge in [-0.1, -0.05) is 20.8 Å². The molecular formula is C13H24N2O3. The van der Waals surface area contributed by atoms with E-state index in [9.17, 15) is 9.59 Å². The smallest absolute Gasteiger partial charge is 0.326 e. The van der Waals surface area contributed by atoms with Gasteiger partial charge in [-0.05, 0) is 37.5 Å². The first-order valence-electron chi connectivity index (χ1n) is 6.73. The van der Waals surface area contributed by atoms with Crippen LogP contribution >= 0.6 is 0 Å². The molecule has 0 aromatic carbocycles. The number of amides is 2. The van der Waals surface area contributed by atoms with Crippen molar-refractivity contribution in [2.45, 2.75) is 58.5 Å². The van der Waals surface area contributed by atoms with E-state index in [1.54, 1.807) is 6.92 Å². The van der Waals surface area contributed by atoms with Crippen LogP contribution in [0.5, 0.6) is 0 Å². The van der Waals surface area contributed by atoms with Crippen LogP contribution in [-0.4, -0.2) is 29.2 Å². The zero-order valence-electron chi connectivity index (χ0n) is 11.4. The Morgan fingerprint density at radius 2 is 2.00 bits per heavy atom. The molecule has 3 N–H and O–H groups in total. The Balaban J connectivity index is 2.42. The van der Waals surface area contributed by atoms with Gasteiger partial charge in [0, 0.05) is 6.04 Å². The summed E-state index contributed by atoms with van der Waals surface area (Å²) in [7, 11) is 0. The average Bonchev–Trinajstić information content (AvgIpc) is 2.29. The Morgan fingerprint density at radius 1 is 1.33 bits per heavy atom. The van der Waals surface area contributed by atoms with Crippen molar-refractivity contribution in [3.8, 4) is 0 Å². The topological polar surface area (TPSA) is 78.4 Å². The van der Waals surface area contributed by atoms with E-state index in [0.29, 0.717) is 18.3 Å². The zero-order chi connectivity index (χ0) is 13.7. The molecule has 1 aliphatic carbocycles. The largest absolute Gasteiger partial charge is 0.480 e. The third-order valence-electron chi connectivity index (χ3n) is 3.76. The second-order valence-electron chi connectivity index (χ2n) is 5.42. The Kier molecular flexibility index (Phi) is 5.44. The van der Waals surface area contributed by atoms with Gasteiger partial charge in [-0.3, -0.25) is 0 Å². The molecule has 0 saturated heterocycles. The summed E-state index contributed by atoms with van der Waals surface area (Å²) >= 11 is 0. The molecule has 0 radical (unpaired) electrons. The summed E-state index contributed by atoms with van der Waals surface area (Å²) in [5.41, 5.74) is 0. The molecule has 2 amide bonds. The van der Waals surface area contributed by atoms with Crippen LogP contribution in [0.1, 0.15) is 46.5 Å². The standard InChI is InChI=1S/C13H24N2O3/c1-4-10(12(16)17)14-13(18)15-11-6-5-8(2)7-9(11)3/h8-11H,4-7H2,1-3H3,(H,16,17)(H2,14,15,18). The van der Waals surface area contributed by atoms with Crippen molar-refractivity contribution in [2.75, 3.05) is 0 Å². The van der Waals surface area contributed by atoms with Crippen LogP contribution in [0.3, 0.4) is 0 Å². The Morgan fingerprint density at radius 3 is 2.50 bits per heavy atom. The van der Waals surface area contributed by atoms with Crippen LogP contribution in [-0.2, 0) is 4.79 Å². The van der Waals surface area contributed by atoms with E-state index in [2.05, 4.69) is 24.5 Å². The van der Waals surface area contributed by atoms with Crippen LogP contribution in [0.15, 0.2) is 0 Å². The molecule has 1 aliphatic rings. The summed E-state index contributed by atoms with van der Waals surface area (Å²) < 4.78 is 0. The summed E-state index contributed by atoms with van der Waals surface area (Å²) in [6.45, 7) is 6.10. The number of carbonyl (C=O) groups excluding carboxylic acids is 1. The van der Waals surface area contributed by atoms with Crippen molar-refractivity contribution >= 4 is 12.0 Å². The third-order valence-corrected chi connectivity index (χ3v) is 3.76. The van der Waals surface area contributed by atoms with E-state index in [-0.39, 0.29) is 12.1 Å². The number of carbonyl (C=O) groups is 2. The maximum atomic E-state index is 11.7. The van der Waals surface area contributed by atoms with Crippen LogP contribution < -0.4 is 10.6 Å². The predicted octanol–water partition coefficient (Wildman–Crippen LogP) is 1.97. The molecule has 1 saturated carbocycles. The lowest BCUT2D eigenvalue weighted by molar-refractivity contribution is -0.139. The van der Waals surface area contributed by atoms with Crippen LogP contribution in [0, 0.1) is 11.8 Å². The molecule has 1 rings (SSSR count). The molecule has 104 valence electrons. The number of hydrogen-bond acceptors (Lipinski definition) is 2. The monoisotopic (exact) mass is 256 g/mol. The molecular weight excluding hydrogens is 232 g/mol. The molecule has 18 heavy (non-hydrogen) atoms. The van der Waals surface area contributed by atoms with Gasteiger partial charge in [-0.25, -0.2) is 9.59 Å². The number of urea groups is 1.